The van der Waals surface area contributed by atoms with Crippen LogP contribution in [0.4, 0.5) is 0 Å². The van der Waals surface area contributed by atoms with Crippen molar-refractivity contribution in [2.24, 2.45) is 0 Å². The van der Waals surface area contributed by atoms with Gasteiger partial charge in [0.05, 0.1) is 7.11 Å². The first kappa shape index (κ1) is 18.9. The summed E-state index contributed by atoms with van der Waals surface area (Å²) >= 11 is 6.57. The molecule has 2 aromatic carbocycles. The summed E-state index contributed by atoms with van der Waals surface area (Å²) in [5.74, 6) is 0.374. The highest BCUT2D eigenvalue weighted by molar-refractivity contribution is 6.34. The minimum Gasteiger partial charge on any atom is -0.507 e. The molecule has 1 saturated carbocycles. The zero-order chi connectivity index (χ0) is 19.9. The highest BCUT2D eigenvalue weighted by Gasteiger charge is 2.49. The summed E-state index contributed by atoms with van der Waals surface area (Å²) < 4.78 is 10.9. The molecule has 1 heterocycles. The van der Waals surface area contributed by atoms with Crippen LogP contribution in [0.15, 0.2) is 42.2 Å². The smallest absolute Gasteiger partial charge is 0.343 e. The fraction of sp³-hybridized carbons (Fsp3) is 0.348. The van der Waals surface area contributed by atoms with E-state index in [1.165, 1.54) is 0 Å². The van der Waals surface area contributed by atoms with E-state index < -0.39 is 11.6 Å². The summed E-state index contributed by atoms with van der Waals surface area (Å²) in [6.45, 7) is 1.91. The Balaban J connectivity index is 1.76. The van der Waals surface area contributed by atoms with Crippen molar-refractivity contribution in [3.8, 4) is 16.9 Å². The predicted octanol–water partition coefficient (Wildman–Crippen LogP) is 5.85. The van der Waals surface area contributed by atoms with E-state index in [2.05, 4.69) is 0 Å². The Labute approximate surface area is 169 Å². The zero-order valence-corrected chi connectivity index (χ0v) is 16.8. The fourth-order valence-corrected chi connectivity index (χ4v) is 4.52. The Morgan fingerprint density at radius 1 is 1.07 bits per heavy atom. The van der Waals surface area contributed by atoms with Crippen LogP contribution in [0.2, 0.25) is 5.02 Å². The molecule has 2 aliphatic rings. The number of methoxy groups -OCH3 is 1. The average molecular weight is 399 g/mol. The summed E-state index contributed by atoms with van der Waals surface area (Å²) in [7, 11) is 1.63. The number of ether oxygens (including phenoxy) is 2. The molecule has 28 heavy (non-hydrogen) atoms. The highest BCUT2D eigenvalue weighted by atomic mass is 35.5. The lowest BCUT2D eigenvalue weighted by atomic mass is 9.82. The van der Waals surface area contributed by atoms with Gasteiger partial charge in [-0.2, -0.15) is 0 Å². The fourth-order valence-electron chi connectivity index (χ4n) is 4.24. The average Bonchev–Trinajstić information content (AvgIpc) is 2.93. The number of benzene rings is 2. The molecule has 0 saturated heterocycles. The summed E-state index contributed by atoms with van der Waals surface area (Å²) in [4.78, 5) is 12.7. The minimum atomic E-state index is -0.849. The van der Waals surface area contributed by atoms with Crippen LogP contribution in [-0.2, 0) is 9.53 Å². The SMILES string of the molecule is COc1ccc(-c2cc(C)c(C3=C(O)C4(CCCCC4)OC3=O)cc2Cl)cc1. The van der Waals surface area contributed by atoms with Crippen molar-refractivity contribution in [3.05, 3.63) is 58.3 Å². The van der Waals surface area contributed by atoms with Gasteiger partial charge in [-0.15, -0.1) is 0 Å². The van der Waals surface area contributed by atoms with Crippen LogP contribution >= 0.6 is 11.6 Å². The van der Waals surface area contributed by atoms with E-state index in [1.54, 1.807) is 13.2 Å². The number of aliphatic hydroxyl groups excluding tert-OH is 1. The molecule has 0 amide bonds. The Morgan fingerprint density at radius 3 is 2.39 bits per heavy atom. The molecular weight excluding hydrogens is 376 g/mol. The van der Waals surface area contributed by atoms with Gasteiger partial charge in [0.2, 0.25) is 0 Å². The van der Waals surface area contributed by atoms with Gasteiger partial charge in [0.1, 0.15) is 11.3 Å². The van der Waals surface area contributed by atoms with E-state index in [9.17, 15) is 9.90 Å². The van der Waals surface area contributed by atoms with Crippen molar-refractivity contribution in [3.63, 3.8) is 0 Å². The lowest BCUT2D eigenvalue weighted by Crippen LogP contribution is -2.34. The van der Waals surface area contributed by atoms with E-state index in [1.807, 2.05) is 37.3 Å². The van der Waals surface area contributed by atoms with Crippen LogP contribution in [0.5, 0.6) is 5.75 Å². The maximum absolute atomic E-state index is 12.7. The molecular formula is C23H23ClO4. The third kappa shape index (κ3) is 3.06. The normalized spacial score (nSPS) is 18.5. The topological polar surface area (TPSA) is 55.8 Å². The first-order chi connectivity index (χ1) is 13.4. The van der Waals surface area contributed by atoms with Gasteiger partial charge in [-0.1, -0.05) is 30.2 Å². The van der Waals surface area contributed by atoms with Gasteiger partial charge in [0.15, 0.2) is 11.4 Å². The van der Waals surface area contributed by atoms with Gasteiger partial charge in [-0.3, -0.25) is 0 Å². The van der Waals surface area contributed by atoms with Gasteiger partial charge in [-0.05, 0) is 73.6 Å². The Bertz CT molecular complexity index is 953. The van der Waals surface area contributed by atoms with Crippen LogP contribution < -0.4 is 4.74 Å². The molecule has 5 heteroatoms. The monoisotopic (exact) mass is 398 g/mol. The second-order valence-electron chi connectivity index (χ2n) is 7.54. The minimum absolute atomic E-state index is 0.0635. The van der Waals surface area contributed by atoms with Gasteiger partial charge in [0, 0.05) is 10.6 Å². The number of halogens is 1. The molecule has 1 spiro atoms. The van der Waals surface area contributed by atoms with Crippen LogP contribution in [0, 0.1) is 6.92 Å². The van der Waals surface area contributed by atoms with E-state index >= 15 is 0 Å². The van der Waals surface area contributed by atoms with Crippen LogP contribution in [0.25, 0.3) is 16.7 Å². The van der Waals surface area contributed by atoms with Gasteiger partial charge in [0.25, 0.3) is 0 Å². The Morgan fingerprint density at radius 2 is 1.75 bits per heavy atom. The van der Waals surface area contributed by atoms with Crippen molar-refractivity contribution in [2.75, 3.05) is 7.11 Å². The number of hydrogen-bond acceptors (Lipinski definition) is 4. The van der Waals surface area contributed by atoms with Crippen LogP contribution in [-0.4, -0.2) is 23.8 Å². The first-order valence-corrected chi connectivity index (χ1v) is 9.95. The largest absolute Gasteiger partial charge is 0.507 e. The standard InChI is InChI=1S/C23H23ClO4/c1-14-12-18(15-6-8-16(27-2)9-7-15)19(24)13-17(14)20-21(25)23(28-22(20)26)10-4-3-5-11-23/h6-9,12-13,25H,3-5,10-11H2,1-2H3. The van der Waals surface area contributed by atoms with Crippen LogP contribution in [0.3, 0.4) is 0 Å². The van der Waals surface area contributed by atoms with E-state index in [4.69, 9.17) is 21.1 Å². The van der Waals surface area contributed by atoms with E-state index in [0.29, 0.717) is 23.4 Å². The quantitative estimate of drug-likeness (QED) is 0.658. The van der Waals surface area contributed by atoms with E-state index in [0.717, 1.165) is 41.7 Å². The number of carbonyl (C=O) groups is 1. The summed E-state index contributed by atoms with van der Waals surface area (Å²) in [6, 6.07) is 11.3. The van der Waals surface area contributed by atoms with Crippen molar-refractivity contribution in [1.29, 1.82) is 0 Å². The number of hydrogen-bond donors (Lipinski definition) is 1. The molecule has 0 aromatic heterocycles. The first-order valence-electron chi connectivity index (χ1n) is 9.57. The molecule has 0 radical (unpaired) electrons. The highest BCUT2D eigenvalue weighted by Crippen LogP contribution is 2.46. The van der Waals surface area contributed by atoms with Crippen LogP contribution in [0.1, 0.15) is 43.2 Å². The van der Waals surface area contributed by atoms with Gasteiger partial charge < -0.3 is 14.6 Å². The molecule has 1 aliphatic carbocycles. The van der Waals surface area contributed by atoms with Crippen molar-refractivity contribution < 1.29 is 19.4 Å². The second kappa shape index (κ2) is 7.17. The molecule has 0 bridgehead atoms. The number of aliphatic hydroxyl groups is 1. The van der Waals surface area contributed by atoms with Crippen molar-refractivity contribution in [1.82, 2.24) is 0 Å². The Kier molecular flexibility index (Phi) is 4.84. The number of esters is 1. The third-order valence-corrected chi connectivity index (χ3v) is 6.12. The number of rotatable bonds is 3. The zero-order valence-electron chi connectivity index (χ0n) is 16.0. The molecule has 4 nitrogen and oxygen atoms in total. The van der Waals surface area contributed by atoms with Gasteiger partial charge in [-0.25, -0.2) is 4.79 Å². The molecule has 4 rings (SSSR count). The number of carbonyl (C=O) groups excluding carboxylic acids is 1. The summed E-state index contributed by atoms with van der Waals surface area (Å²) in [5, 5.41) is 11.4. The summed E-state index contributed by atoms with van der Waals surface area (Å²) in [5.41, 5.74) is 2.72. The maximum Gasteiger partial charge on any atom is 0.343 e. The third-order valence-electron chi connectivity index (χ3n) is 5.81. The molecule has 146 valence electrons. The molecule has 0 atom stereocenters. The second-order valence-corrected chi connectivity index (χ2v) is 7.95. The van der Waals surface area contributed by atoms with Gasteiger partial charge >= 0.3 is 5.97 Å². The summed E-state index contributed by atoms with van der Waals surface area (Å²) in [6.07, 6.45) is 4.33. The maximum atomic E-state index is 12.7. The lowest BCUT2D eigenvalue weighted by molar-refractivity contribution is -0.149. The molecule has 1 fully saturated rings. The Hall–Kier alpha value is -2.46. The van der Waals surface area contributed by atoms with Crippen molar-refractivity contribution >= 4 is 23.1 Å². The number of aryl methyl sites for hydroxylation is 1. The lowest BCUT2D eigenvalue weighted by Gasteiger charge is -2.31. The molecule has 0 unspecified atom stereocenters. The molecule has 1 aliphatic heterocycles. The molecule has 1 N–H and O–H groups in total. The predicted molar refractivity (Wildman–Crippen MR) is 110 cm³/mol. The van der Waals surface area contributed by atoms with E-state index in [-0.39, 0.29) is 11.3 Å². The van der Waals surface area contributed by atoms with Crippen molar-refractivity contribution in [2.45, 2.75) is 44.6 Å². The molecule has 2 aromatic rings.